The SMILES string of the molecule is CNS(=O)(=O)c1ccc(SC)c(Nc2cc(Nc3ccc(Cn4cnnc4)cc3)ncn2)c1. The number of rotatable bonds is 9. The van der Waals surface area contributed by atoms with E-state index in [2.05, 4.69) is 35.5 Å². The van der Waals surface area contributed by atoms with Crippen LogP contribution in [-0.2, 0) is 16.6 Å². The molecule has 10 nitrogen and oxygen atoms in total. The molecule has 0 radical (unpaired) electrons. The molecule has 2 heterocycles. The maximum absolute atomic E-state index is 12.2. The molecule has 0 spiro atoms. The van der Waals surface area contributed by atoms with Crippen molar-refractivity contribution in [1.29, 1.82) is 0 Å². The van der Waals surface area contributed by atoms with E-state index >= 15 is 0 Å². The van der Waals surface area contributed by atoms with Gasteiger partial charge in [-0.2, -0.15) is 0 Å². The molecular formula is C21H22N8O2S2. The van der Waals surface area contributed by atoms with E-state index in [-0.39, 0.29) is 4.90 Å². The summed E-state index contributed by atoms with van der Waals surface area (Å²) in [6, 6.07) is 14.6. The molecule has 0 aliphatic carbocycles. The second-order valence-corrected chi connectivity index (χ2v) is 9.67. The fraction of sp³-hybridized carbons (Fsp3) is 0.143. The minimum Gasteiger partial charge on any atom is -0.340 e. The predicted molar refractivity (Wildman–Crippen MR) is 129 cm³/mol. The summed E-state index contributed by atoms with van der Waals surface area (Å²) in [4.78, 5) is 9.61. The number of hydrogen-bond donors (Lipinski definition) is 3. The van der Waals surface area contributed by atoms with Gasteiger partial charge < -0.3 is 15.2 Å². The summed E-state index contributed by atoms with van der Waals surface area (Å²) in [5.41, 5.74) is 2.63. The van der Waals surface area contributed by atoms with Crippen molar-refractivity contribution in [2.24, 2.45) is 0 Å². The highest BCUT2D eigenvalue weighted by Gasteiger charge is 2.14. The van der Waals surface area contributed by atoms with Crippen LogP contribution in [0.15, 0.2) is 77.3 Å². The van der Waals surface area contributed by atoms with E-state index in [9.17, 15) is 8.42 Å². The number of aromatic nitrogens is 5. The molecule has 4 aromatic rings. The van der Waals surface area contributed by atoms with Gasteiger partial charge in [0.05, 0.1) is 10.6 Å². The normalized spacial score (nSPS) is 11.3. The number of anilines is 4. The van der Waals surface area contributed by atoms with Gasteiger partial charge in [-0.1, -0.05) is 12.1 Å². The quantitative estimate of drug-likeness (QED) is 0.308. The molecule has 0 saturated carbocycles. The maximum Gasteiger partial charge on any atom is 0.240 e. The number of thioether (sulfide) groups is 1. The second-order valence-electron chi connectivity index (χ2n) is 6.94. The third-order valence-electron chi connectivity index (χ3n) is 4.74. The Balaban J connectivity index is 1.50. The molecule has 2 aromatic heterocycles. The molecule has 0 aliphatic rings. The molecule has 0 saturated heterocycles. The van der Waals surface area contributed by atoms with Gasteiger partial charge in [0.25, 0.3) is 0 Å². The van der Waals surface area contributed by atoms with Crippen LogP contribution in [0.4, 0.5) is 23.0 Å². The molecular weight excluding hydrogens is 460 g/mol. The van der Waals surface area contributed by atoms with E-state index in [0.29, 0.717) is 23.9 Å². The summed E-state index contributed by atoms with van der Waals surface area (Å²) in [5, 5.41) is 14.1. The number of benzene rings is 2. The van der Waals surface area contributed by atoms with Gasteiger partial charge in [0.1, 0.15) is 30.6 Å². The average Bonchev–Trinajstić information content (AvgIpc) is 3.34. The summed E-state index contributed by atoms with van der Waals surface area (Å²) < 4.78 is 28.6. The minimum absolute atomic E-state index is 0.171. The number of nitrogens with one attached hydrogen (secondary N) is 3. The van der Waals surface area contributed by atoms with Crippen LogP contribution in [0.3, 0.4) is 0 Å². The number of hydrogen-bond acceptors (Lipinski definition) is 9. The van der Waals surface area contributed by atoms with Crippen molar-refractivity contribution in [2.45, 2.75) is 16.3 Å². The van der Waals surface area contributed by atoms with Gasteiger partial charge in [0.2, 0.25) is 10.0 Å². The van der Waals surface area contributed by atoms with E-state index in [1.807, 2.05) is 35.1 Å². The maximum atomic E-state index is 12.2. The average molecular weight is 483 g/mol. The topological polar surface area (TPSA) is 127 Å². The zero-order chi connectivity index (χ0) is 23.3. The molecule has 0 unspecified atom stereocenters. The van der Waals surface area contributed by atoms with E-state index in [1.165, 1.54) is 25.1 Å². The van der Waals surface area contributed by atoms with Crippen molar-refractivity contribution in [3.05, 3.63) is 73.1 Å². The summed E-state index contributed by atoms with van der Waals surface area (Å²) >= 11 is 1.50. The van der Waals surface area contributed by atoms with Crippen LogP contribution in [0.25, 0.3) is 0 Å². The van der Waals surface area contributed by atoms with Gasteiger partial charge in [0, 0.05) is 23.2 Å². The lowest BCUT2D eigenvalue weighted by Crippen LogP contribution is -2.18. The standard InChI is InChI=1S/C21H22N8O2S2/c1-22-33(30,31)17-7-8-19(32-2)18(9-17)28-21-10-20(23-12-24-21)27-16-5-3-15(4-6-16)11-29-13-25-26-14-29/h3-10,12-14,22H,11H2,1-2H3,(H2,23,24,27,28). The number of nitrogens with zero attached hydrogens (tertiary/aromatic N) is 5. The Bertz CT molecular complexity index is 1330. The highest BCUT2D eigenvalue weighted by molar-refractivity contribution is 7.98. The highest BCUT2D eigenvalue weighted by Crippen LogP contribution is 2.30. The summed E-state index contributed by atoms with van der Waals surface area (Å²) in [5.74, 6) is 1.13. The monoisotopic (exact) mass is 482 g/mol. The lowest BCUT2D eigenvalue weighted by molar-refractivity contribution is 0.588. The predicted octanol–water partition coefficient (Wildman–Crippen LogP) is 3.23. The molecule has 0 atom stereocenters. The van der Waals surface area contributed by atoms with Crippen LogP contribution in [0, 0.1) is 0 Å². The Kier molecular flexibility index (Phi) is 6.87. The first-order valence-corrected chi connectivity index (χ1v) is 12.6. The Morgan fingerprint density at radius 1 is 0.939 bits per heavy atom. The van der Waals surface area contributed by atoms with Crippen molar-refractivity contribution in [3.8, 4) is 0 Å². The van der Waals surface area contributed by atoms with Crippen molar-refractivity contribution >= 4 is 44.8 Å². The Hall–Kier alpha value is -3.48. The Morgan fingerprint density at radius 3 is 2.30 bits per heavy atom. The van der Waals surface area contributed by atoms with Gasteiger partial charge in [-0.05, 0) is 49.2 Å². The molecule has 0 fully saturated rings. The van der Waals surface area contributed by atoms with E-state index in [1.54, 1.807) is 36.9 Å². The summed E-state index contributed by atoms with van der Waals surface area (Å²) in [7, 11) is -2.18. The van der Waals surface area contributed by atoms with Crippen LogP contribution in [0.1, 0.15) is 5.56 Å². The zero-order valence-corrected chi connectivity index (χ0v) is 19.6. The first kappa shape index (κ1) is 22.7. The Labute approximate surface area is 195 Å². The Morgan fingerprint density at radius 2 is 1.64 bits per heavy atom. The van der Waals surface area contributed by atoms with Crippen molar-refractivity contribution < 1.29 is 8.42 Å². The molecule has 170 valence electrons. The van der Waals surface area contributed by atoms with Crippen molar-refractivity contribution in [3.63, 3.8) is 0 Å². The van der Waals surface area contributed by atoms with Crippen LogP contribution >= 0.6 is 11.8 Å². The van der Waals surface area contributed by atoms with Gasteiger partial charge in [0.15, 0.2) is 0 Å². The van der Waals surface area contributed by atoms with Gasteiger partial charge >= 0.3 is 0 Å². The van der Waals surface area contributed by atoms with Crippen LogP contribution in [-0.4, -0.2) is 46.5 Å². The third-order valence-corrected chi connectivity index (χ3v) is 6.95. The molecule has 0 aliphatic heterocycles. The summed E-state index contributed by atoms with van der Waals surface area (Å²) in [6.07, 6.45) is 6.71. The molecule has 0 bridgehead atoms. The first-order chi connectivity index (χ1) is 16.0. The van der Waals surface area contributed by atoms with Crippen molar-refractivity contribution in [1.82, 2.24) is 29.5 Å². The minimum atomic E-state index is -3.56. The first-order valence-electron chi connectivity index (χ1n) is 9.86. The van der Waals surface area contributed by atoms with E-state index in [0.717, 1.165) is 16.1 Å². The molecule has 33 heavy (non-hydrogen) atoms. The van der Waals surface area contributed by atoms with Crippen LogP contribution in [0.2, 0.25) is 0 Å². The second kappa shape index (κ2) is 9.98. The zero-order valence-electron chi connectivity index (χ0n) is 17.9. The van der Waals surface area contributed by atoms with Crippen molar-refractivity contribution in [2.75, 3.05) is 23.9 Å². The highest BCUT2D eigenvalue weighted by atomic mass is 32.2. The fourth-order valence-electron chi connectivity index (χ4n) is 3.06. The van der Waals surface area contributed by atoms with Gasteiger partial charge in [-0.15, -0.1) is 22.0 Å². The molecule has 3 N–H and O–H groups in total. The molecule has 2 aromatic carbocycles. The summed E-state index contributed by atoms with van der Waals surface area (Å²) in [6.45, 7) is 0.689. The molecule has 12 heteroatoms. The molecule has 0 amide bonds. The lowest BCUT2D eigenvalue weighted by atomic mass is 10.2. The van der Waals surface area contributed by atoms with Gasteiger partial charge in [-0.3, -0.25) is 0 Å². The lowest BCUT2D eigenvalue weighted by Gasteiger charge is -2.13. The smallest absolute Gasteiger partial charge is 0.240 e. The van der Waals surface area contributed by atoms with E-state index < -0.39 is 10.0 Å². The third kappa shape index (κ3) is 5.66. The van der Waals surface area contributed by atoms with Gasteiger partial charge in [-0.25, -0.2) is 23.1 Å². The largest absolute Gasteiger partial charge is 0.340 e. The number of sulfonamides is 1. The fourth-order valence-corrected chi connectivity index (χ4v) is 4.35. The van der Waals surface area contributed by atoms with Crippen LogP contribution < -0.4 is 15.4 Å². The molecule has 4 rings (SSSR count). The van der Waals surface area contributed by atoms with Crippen LogP contribution in [0.5, 0.6) is 0 Å². The van der Waals surface area contributed by atoms with E-state index in [4.69, 9.17) is 0 Å².